The molecule has 0 saturated heterocycles. The van der Waals surface area contributed by atoms with Gasteiger partial charge in [0.2, 0.25) is 0 Å². The van der Waals surface area contributed by atoms with E-state index in [0.717, 1.165) is 115 Å². The summed E-state index contributed by atoms with van der Waals surface area (Å²) in [5.74, 6) is -0.950. The van der Waals surface area contributed by atoms with Gasteiger partial charge in [0.05, 0.1) is 6.61 Å². The lowest BCUT2D eigenvalue weighted by Gasteiger charge is -2.38. The Hall–Kier alpha value is -4.36. The van der Waals surface area contributed by atoms with Gasteiger partial charge in [-0.1, -0.05) is 296 Å². The minimum Gasteiger partial charge on any atom is -0.396 e. The number of carbonyl (C=O) groups excluding carboxylic acids is 4. The van der Waals surface area contributed by atoms with Crippen molar-refractivity contribution in [1.82, 2.24) is 9.80 Å². The first-order valence-corrected chi connectivity index (χ1v) is 34.3. The molecule has 0 fully saturated rings. The van der Waals surface area contributed by atoms with Gasteiger partial charge < -0.3 is 5.11 Å². The van der Waals surface area contributed by atoms with Gasteiger partial charge >= 0.3 is 0 Å². The molecule has 81 heavy (non-hydrogen) atoms. The fraction of sp³-hybridized carbons (Fsp3) is 0.676. The summed E-state index contributed by atoms with van der Waals surface area (Å²) in [5.41, 5.74) is 1.64. The van der Waals surface area contributed by atoms with Gasteiger partial charge in [0.25, 0.3) is 23.6 Å². The summed E-state index contributed by atoms with van der Waals surface area (Å²) in [4.78, 5) is 62.8. The van der Waals surface area contributed by atoms with Crippen LogP contribution in [0.15, 0.2) is 48.5 Å². The van der Waals surface area contributed by atoms with Crippen molar-refractivity contribution in [3.05, 3.63) is 70.8 Å². The van der Waals surface area contributed by atoms with Crippen LogP contribution in [0.5, 0.6) is 0 Å². The fourth-order valence-electron chi connectivity index (χ4n) is 14.4. The molecule has 0 aromatic heterocycles. The number of aliphatic hydroxyl groups is 1. The number of rotatable bonds is 46. The first-order chi connectivity index (χ1) is 39.7. The molecule has 7 nitrogen and oxygen atoms in total. The van der Waals surface area contributed by atoms with Gasteiger partial charge in [-0.2, -0.15) is 0 Å². The van der Waals surface area contributed by atoms with Gasteiger partial charge in [-0.25, -0.2) is 0 Å². The number of nitrogens with zero attached hydrogens (tertiary/aromatic N) is 2. The number of unbranched alkanes of at least 4 members (excludes halogenated alkanes) is 34. The Kier molecular flexibility index (Phi) is 27.3. The molecule has 0 saturated carbocycles. The van der Waals surface area contributed by atoms with Crippen molar-refractivity contribution in [2.45, 2.75) is 303 Å². The molecule has 5 aromatic rings. The van der Waals surface area contributed by atoms with Gasteiger partial charge in [0, 0.05) is 51.0 Å². The molecule has 0 radical (unpaired) electrons. The topological polar surface area (TPSA) is 95.0 Å². The van der Waals surface area contributed by atoms with Crippen LogP contribution in [0.1, 0.15) is 339 Å². The van der Waals surface area contributed by atoms with E-state index in [1.54, 1.807) is 4.90 Å². The van der Waals surface area contributed by atoms with E-state index in [2.05, 4.69) is 27.7 Å². The molecule has 0 aliphatic carbocycles. The van der Waals surface area contributed by atoms with Gasteiger partial charge in [0.15, 0.2) is 0 Å². The molecule has 0 atom stereocenters. The summed E-state index contributed by atoms with van der Waals surface area (Å²) < 4.78 is 0. The number of hydrogen-bond acceptors (Lipinski definition) is 5. The molecule has 2 aliphatic heterocycles. The smallest absolute Gasteiger partial charge is 0.261 e. The van der Waals surface area contributed by atoms with Crippen LogP contribution in [-0.4, -0.2) is 57.7 Å². The second-order valence-electron chi connectivity index (χ2n) is 25.7. The highest BCUT2D eigenvalue weighted by atomic mass is 16.3. The van der Waals surface area contributed by atoms with Crippen LogP contribution >= 0.6 is 0 Å². The van der Waals surface area contributed by atoms with Gasteiger partial charge in [-0.15, -0.1) is 0 Å². The zero-order chi connectivity index (χ0) is 57.2. The van der Waals surface area contributed by atoms with Crippen molar-refractivity contribution in [1.29, 1.82) is 0 Å². The number of aliphatic hydroxyl groups excluding tert-OH is 1. The van der Waals surface area contributed by atoms with Crippen LogP contribution in [0.3, 0.4) is 0 Å². The van der Waals surface area contributed by atoms with E-state index in [4.69, 9.17) is 0 Å². The van der Waals surface area contributed by atoms with Crippen molar-refractivity contribution >= 4 is 66.7 Å². The highest BCUT2D eigenvalue weighted by Crippen LogP contribution is 2.47. The average molecular weight is 1110 g/mol. The second-order valence-corrected chi connectivity index (χ2v) is 25.7. The summed E-state index contributed by atoms with van der Waals surface area (Å²) >= 11 is 0. The summed E-state index contributed by atoms with van der Waals surface area (Å²) in [7, 11) is 0. The van der Waals surface area contributed by atoms with Crippen LogP contribution in [0.4, 0.5) is 0 Å². The molecule has 0 unspecified atom stereocenters. The predicted octanol–water partition coefficient (Wildman–Crippen LogP) is 21.7. The molecule has 446 valence electrons. The zero-order valence-electron chi connectivity index (χ0n) is 51.8. The summed E-state index contributed by atoms with van der Waals surface area (Å²) in [6.45, 7) is 9.18. The van der Waals surface area contributed by atoms with E-state index in [1.165, 1.54) is 198 Å². The molecule has 1 N–H and O–H groups in total. The highest BCUT2D eigenvalue weighted by Gasteiger charge is 2.42. The minimum atomic E-state index is -0.565. The summed E-state index contributed by atoms with van der Waals surface area (Å²) in [6.07, 6.45) is 50.6. The molecule has 2 aliphatic rings. The molecule has 4 amide bonds. The Bertz CT molecular complexity index is 2550. The molecule has 5 aromatic carbocycles. The fourth-order valence-corrected chi connectivity index (χ4v) is 14.4. The van der Waals surface area contributed by atoms with Crippen molar-refractivity contribution < 1.29 is 24.3 Å². The van der Waals surface area contributed by atoms with Crippen LogP contribution in [0.25, 0.3) is 43.1 Å². The lowest BCUT2D eigenvalue weighted by atomic mass is 9.77. The maximum absolute atomic E-state index is 15.0. The third-order valence-corrected chi connectivity index (χ3v) is 19.3. The number of carbonyl (C=O) groups is 4. The minimum absolute atomic E-state index is 0.0482. The van der Waals surface area contributed by atoms with Gasteiger partial charge in [-0.3, -0.25) is 29.0 Å². The normalized spacial score (nSPS) is 13.9. The lowest BCUT2D eigenvalue weighted by Crippen LogP contribution is -2.48. The summed E-state index contributed by atoms with van der Waals surface area (Å²) in [6, 6.07) is 15.7. The number of hydrogen-bond donors (Lipinski definition) is 1. The van der Waals surface area contributed by atoms with Crippen molar-refractivity contribution in [2.75, 3.05) is 13.2 Å². The number of amides is 4. The third kappa shape index (κ3) is 16.9. The molecular weight excluding hydrogens is 997 g/mol. The van der Waals surface area contributed by atoms with E-state index < -0.39 is 5.41 Å². The van der Waals surface area contributed by atoms with Crippen LogP contribution in [-0.2, 0) is 0 Å². The van der Waals surface area contributed by atoms with E-state index in [0.29, 0.717) is 27.6 Å². The van der Waals surface area contributed by atoms with E-state index in [1.807, 2.05) is 48.5 Å². The average Bonchev–Trinajstić information content (AvgIpc) is 1.59. The van der Waals surface area contributed by atoms with E-state index in [-0.39, 0.29) is 42.8 Å². The summed E-state index contributed by atoms with van der Waals surface area (Å²) in [5, 5.41) is 18.3. The Balaban J connectivity index is 1.06. The maximum atomic E-state index is 15.0. The Morgan fingerprint density at radius 2 is 0.593 bits per heavy atom. The number of benzene rings is 5. The quantitative estimate of drug-likeness (QED) is 0.0181. The van der Waals surface area contributed by atoms with Gasteiger partial charge in [-0.05, 0) is 82.3 Å². The molecular formula is C74H110N2O5. The largest absolute Gasteiger partial charge is 0.396 e. The zero-order valence-corrected chi connectivity index (χ0v) is 51.8. The van der Waals surface area contributed by atoms with E-state index >= 15 is 9.59 Å². The highest BCUT2D eigenvalue weighted by molar-refractivity contribution is 6.41. The standard InChI is InChI=1S/C74H110N2O5/c1-5-9-13-17-19-21-23-25-27-29-31-33-37-41-53-74(56-77,54-42-38-34-32-30-28-26-24-22-20-18-14-10-6-2)55-75-70(78)62-49-45-58-60-47-51-64-69-65(52-48-61(67(60)69)59-46-50-63(71(75)79)68(62)66(58)59)73(81)76(72(64)80)57(43-39-35-15-11-7-3)44-40-36-16-12-8-4/h45-52,57,77H,5-44,53-56H2,1-4H3. The number of imide groups is 2. The van der Waals surface area contributed by atoms with Crippen LogP contribution < -0.4 is 0 Å². The monoisotopic (exact) mass is 1110 g/mol. The first kappa shape index (κ1) is 64.2. The third-order valence-electron chi connectivity index (χ3n) is 19.3. The lowest BCUT2D eigenvalue weighted by molar-refractivity contribution is 0.0352. The Morgan fingerprint density at radius 3 is 0.877 bits per heavy atom. The SMILES string of the molecule is CCCCCCCCCCCCCCCCC(CO)(CCCCCCCCCCCCCCCC)CN1C(=O)c2ccc3c4ccc5c6c(ccc(c7ccc(c2c37)C1=O)c64)C(=O)N(C(CCCCCCC)CCCCCCC)C5=O. The van der Waals surface area contributed by atoms with Crippen molar-refractivity contribution in [2.24, 2.45) is 5.41 Å². The molecule has 0 spiro atoms. The number of fused-ring (bicyclic) bond motifs is 2. The molecule has 7 rings (SSSR count). The molecule has 2 heterocycles. The maximum Gasteiger partial charge on any atom is 0.261 e. The second kappa shape index (κ2) is 34.4. The Morgan fingerprint density at radius 1 is 0.333 bits per heavy atom. The first-order valence-electron chi connectivity index (χ1n) is 34.3. The van der Waals surface area contributed by atoms with Crippen LogP contribution in [0.2, 0.25) is 0 Å². The molecule has 0 bridgehead atoms. The van der Waals surface area contributed by atoms with Crippen molar-refractivity contribution in [3.8, 4) is 0 Å². The Labute approximate surface area is 491 Å². The van der Waals surface area contributed by atoms with Crippen molar-refractivity contribution in [3.63, 3.8) is 0 Å². The predicted molar refractivity (Wildman–Crippen MR) is 343 cm³/mol. The van der Waals surface area contributed by atoms with Crippen LogP contribution in [0, 0.1) is 5.41 Å². The molecule has 7 heteroatoms. The van der Waals surface area contributed by atoms with Gasteiger partial charge in [0.1, 0.15) is 0 Å². The van der Waals surface area contributed by atoms with E-state index in [9.17, 15) is 14.7 Å².